The second-order valence-electron chi connectivity index (χ2n) is 7.02. The minimum absolute atomic E-state index is 0.170. The molecule has 0 amide bonds. The van der Waals surface area contributed by atoms with Crippen molar-refractivity contribution in [3.63, 3.8) is 0 Å². The Balaban J connectivity index is 1.83. The van der Waals surface area contributed by atoms with Crippen LogP contribution in [0.5, 0.6) is 5.75 Å². The first kappa shape index (κ1) is 21.0. The van der Waals surface area contributed by atoms with Gasteiger partial charge >= 0.3 is 0 Å². The van der Waals surface area contributed by atoms with Gasteiger partial charge in [-0.25, -0.2) is 0 Å². The minimum atomic E-state index is -1.11. The normalized spacial score (nSPS) is 23.9. The van der Waals surface area contributed by atoms with Gasteiger partial charge in [0, 0.05) is 12.6 Å². The average molecular weight is 396 g/mol. The predicted octanol–water partition coefficient (Wildman–Crippen LogP) is 1.72. The lowest BCUT2D eigenvalue weighted by molar-refractivity contribution is -0.179. The van der Waals surface area contributed by atoms with Crippen LogP contribution in [0.1, 0.15) is 34.8 Å². The van der Waals surface area contributed by atoms with Gasteiger partial charge in [0.2, 0.25) is 0 Å². The molecule has 0 spiro atoms. The van der Waals surface area contributed by atoms with Crippen molar-refractivity contribution in [1.82, 2.24) is 0 Å². The zero-order valence-electron chi connectivity index (χ0n) is 15.9. The van der Waals surface area contributed by atoms with Crippen molar-refractivity contribution in [2.45, 2.75) is 37.3 Å². The Hall–Kier alpha value is -2.76. The zero-order valence-corrected chi connectivity index (χ0v) is 15.9. The van der Waals surface area contributed by atoms with Crippen LogP contribution < -0.4 is 4.74 Å². The third-order valence-corrected chi connectivity index (χ3v) is 4.98. The molecular weight excluding hydrogens is 372 g/mol. The van der Waals surface area contributed by atoms with Gasteiger partial charge in [-0.2, -0.15) is 5.26 Å². The SMILES string of the molecule is N#Cc1ccc(C2OC(CO)CC(O)C2O)cc1Cc1ccc(OCC=N)cc1. The van der Waals surface area contributed by atoms with Crippen LogP contribution in [-0.2, 0) is 11.2 Å². The monoisotopic (exact) mass is 396 g/mol. The summed E-state index contributed by atoms with van der Waals surface area (Å²) in [4.78, 5) is 0. The third-order valence-electron chi connectivity index (χ3n) is 4.98. The van der Waals surface area contributed by atoms with Gasteiger partial charge in [0.05, 0.1) is 30.4 Å². The molecule has 7 heteroatoms. The standard InChI is InChI=1S/C22H24N2O5/c23-7-8-28-18-5-1-14(2-6-18)9-17-10-15(3-4-16(17)12-24)22-21(27)20(26)11-19(13-25)29-22/h1-7,10,19-23,25-27H,8-9,11,13H2. The van der Waals surface area contributed by atoms with E-state index in [4.69, 9.17) is 14.9 Å². The summed E-state index contributed by atoms with van der Waals surface area (Å²) in [6, 6.07) is 14.8. The summed E-state index contributed by atoms with van der Waals surface area (Å²) in [6.45, 7) is -0.0276. The molecule has 1 aliphatic rings. The highest BCUT2D eigenvalue weighted by atomic mass is 16.5. The highest BCUT2D eigenvalue weighted by molar-refractivity contribution is 5.54. The Labute approximate surface area is 169 Å². The summed E-state index contributed by atoms with van der Waals surface area (Å²) < 4.78 is 11.1. The molecule has 2 aromatic rings. The molecule has 29 heavy (non-hydrogen) atoms. The lowest BCUT2D eigenvalue weighted by Crippen LogP contribution is -2.44. The van der Waals surface area contributed by atoms with Crippen LogP contribution in [0, 0.1) is 16.7 Å². The van der Waals surface area contributed by atoms with Crippen molar-refractivity contribution in [3.05, 3.63) is 64.7 Å². The molecular formula is C22H24N2O5. The Morgan fingerprint density at radius 1 is 1.21 bits per heavy atom. The van der Waals surface area contributed by atoms with Gasteiger partial charge in [-0.15, -0.1) is 0 Å². The van der Waals surface area contributed by atoms with Gasteiger partial charge in [0.15, 0.2) is 0 Å². The largest absolute Gasteiger partial charge is 0.488 e. The maximum atomic E-state index is 10.4. The molecule has 0 saturated carbocycles. The number of aliphatic hydroxyl groups is 3. The number of nitrogens with zero attached hydrogens (tertiary/aromatic N) is 1. The number of hydrogen-bond donors (Lipinski definition) is 4. The molecule has 152 valence electrons. The van der Waals surface area contributed by atoms with Crippen molar-refractivity contribution in [2.75, 3.05) is 13.2 Å². The molecule has 0 bridgehead atoms. The molecule has 0 radical (unpaired) electrons. The Morgan fingerprint density at radius 3 is 2.62 bits per heavy atom. The molecule has 2 aromatic carbocycles. The van der Waals surface area contributed by atoms with Crippen molar-refractivity contribution in [1.29, 1.82) is 10.7 Å². The van der Waals surface area contributed by atoms with Crippen molar-refractivity contribution in [3.8, 4) is 11.8 Å². The second kappa shape index (κ2) is 9.63. The fraction of sp³-hybridized carbons (Fsp3) is 0.364. The number of ether oxygens (including phenoxy) is 2. The van der Waals surface area contributed by atoms with E-state index in [0.717, 1.165) is 11.1 Å². The summed E-state index contributed by atoms with van der Waals surface area (Å²) in [6.07, 6.45) is -1.58. The van der Waals surface area contributed by atoms with Crippen molar-refractivity contribution in [2.24, 2.45) is 0 Å². The van der Waals surface area contributed by atoms with E-state index < -0.39 is 24.4 Å². The Morgan fingerprint density at radius 2 is 1.97 bits per heavy atom. The second-order valence-corrected chi connectivity index (χ2v) is 7.02. The molecule has 7 nitrogen and oxygen atoms in total. The summed E-state index contributed by atoms with van der Waals surface area (Å²) in [5, 5.41) is 46.3. The molecule has 4 unspecified atom stereocenters. The number of hydrogen-bond acceptors (Lipinski definition) is 7. The predicted molar refractivity (Wildman–Crippen MR) is 106 cm³/mol. The zero-order chi connectivity index (χ0) is 20.8. The molecule has 4 atom stereocenters. The van der Waals surface area contributed by atoms with Gasteiger partial charge in [-0.1, -0.05) is 24.3 Å². The van der Waals surface area contributed by atoms with Crippen LogP contribution in [0.3, 0.4) is 0 Å². The van der Waals surface area contributed by atoms with Crippen molar-refractivity contribution >= 4 is 6.21 Å². The highest BCUT2D eigenvalue weighted by Gasteiger charge is 2.37. The van der Waals surface area contributed by atoms with Gasteiger partial charge in [-0.05, 0) is 41.3 Å². The van der Waals surface area contributed by atoms with Crippen LogP contribution in [0.15, 0.2) is 42.5 Å². The summed E-state index contributed by atoms with van der Waals surface area (Å²) in [5.74, 6) is 0.661. The van der Waals surface area contributed by atoms with E-state index in [1.807, 2.05) is 24.3 Å². The molecule has 1 aliphatic heterocycles. The lowest BCUT2D eigenvalue weighted by Gasteiger charge is -2.37. The van der Waals surface area contributed by atoms with Crippen LogP contribution in [0.25, 0.3) is 0 Å². The average Bonchev–Trinajstić information content (AvgIpc) is 2.75. The van der Waals surface area contributed by atoms with Crippen LogP contribution in [0.2, 0.25) is 0 Å². The minimum Gasteiger partial charge on any atom is -0.488 e. The third kappa shape index (κ3) is 5.00. The van der Waals surface area contributed by atoms with E-state index in [1.54, 1.807) is 18.2 Å². The molecule has 1 heterocycles. The Kier molecular flexibility index (Phi) is 6.96. The summed E-state index contributed by atoms with van der Waals surface area (Å²) in [5.41, 5.74) is 2.91. The van der Waals surface area contributed by atoms with E-state index in [9.17, 15) is 20.6 Å². The quantitative estimate of drug-likeness (QED) is 0.528. The first-order valence-electron chi connectivity index (χ1n) is 9.41. The number of aliphatic hydroxyl groups excluding tert-OH is 3. The number of nitrogens with one attached hydrogen (secondary N) is 1. The van der Waals surface area contributed by atoms with E-state index >= 15 is 0 Å². The van der Waals surface area contributed by atoms with E-state index in [0.29, 0.717) is 23.3 Å². The Bertz CT molecular complexity index is 878. The molecule has 3 rings (SSSR count). The molecule has 1 saturated heterocycles. The fourth-order valence-corrected chi connectivity index (χ4v) is 3.45. The molecule has 0 aromatic heterocycles. The van der Waals surface area contributed by atoms with Crippen LogP contribution >= 0.6 is 0 Å². The summed E-state index contributed by atoms with van der Waals surface area (Å²) in [7, 11) is 0. The van der Waals surface area contributed by atoms with E-state index in [2.05, 4.69) is 6.07 Å². The smallest absolute Gasteiger partial charge is 0.123 e. The van der Waals surface area contributed by atoms with Gasteiger partial charge in [-0.3, -0.25) is 0 Å². The number of nitriles is 1. The summed E-state index contributed by atoms with van der Waals surface area (Å²) >= 11 is 0. The maximum absolute atomic E-state index is 10.4. The van der Waals surface area contributed by atoms with E-state index in [1.165, 1.54) is 6.21 Å². The van der Waals surface area contributed by atoms with Gasteiger partial charge < -0.3 is 30.2 Å². The molecule has 4 N–H and O–H groups in total. The fourth-order valence-electron chi connectivity index (χ4n) is 3.45. The van der Waals surface area contributed by atoms with Crippen LogP contribution in [0.4, 0.5) is 0 Å². The lowest BCUT2D eigenvalue weighted by atomic mass is 9.90. The van der Waals surface area contributed by atoms with Gasteiger partial charge in [0.1, 0.15) is 24.6 Å². The number of rotatable bonds is 7. The first-order chi connectivity index (χ1) is 14.0. The van der Waals surface area contributed by atoms with E-state index in [-0.39, 0.29) is 19.6 Å². The van der Waals surface area contributed by atoms with Crippen LogP contribution in [-0.4, -0.2) is 53.1 Å². The topological polar surface area (TPSA) is 127 Å². The number of benzene rings is 2. The first-order valence-corrected chi connectivity index (χ1v) is 9.41. The molecule has 1 fully saturated rings. The maximum Gasteiger partial charge on any atom is 0.123 e. The highest BCUT2D eigenvalue weighted by Crippen LogP contribution is 2.33. The van der Waals surface area contributed by atoms with Gasteiger partial charge in [0.25, 0.3) is 0 Å². The molecule has 0 aliphatic carbocycles. The van der Waals surface area contributed by atoms with Crippen molar-refractivity contribution < 1.29 is 24.8 Å².